The van der Waals surface area contributed by atoms with E-state index in [1.54, 1.807) is 0 Å². The third-order valence-electron chi connectivity index (χ3n) is 4.77. The zero-order chi connectivity index (χ0) is 17.2. The SMILES string of the molecule is CC/C=C(\CC)P(CCCCCCCC)CCCCCCCC. The molecule has 0 aliphatic heterocycles. The fourth-order valence-corrected chi connectivity index (χ4v) is 6.19. The van der Waals surface area contributed by atoms with Crippen LogP contribution in [0, 0.1) is 0 Å². The first-order chi connectivity index (χ1) is 11.3. The molecule has 0 fully saturated rings. The fraction of sp³-hybridized carbons (Fsp3) is 0.909. The van der Waals surface area contributed by atoms with Crippen molar-refractivity contribution in [3.8, 4) is 0 Å². The first-order valence-corrected chi connectivity index (χ1v) is 12.4. The van der Waals surface area contributed by atoms with E-state index in [4.69, 9.17) is 0 Å². The monoisotopic (exact) mass is 340 g/mol. The van der Waals surface area contributed by atoms with Gasteiger partial charge in [-0.15, -0.1) is 0 Å². The van der Waals surface area contributed by atoms with Crippen molar-refractivity contribution >= 4 is 7.92 Å². The van der Waals surface area contributed by atoms with Crippen molar-refractivity contribution in [2.75, 3.05) is 12.3 Å². The Hall–Kier alpha value is 0.170. The zero-order valence-corrected chi connectivity index (χ0v) is 17.7. The first kappa shape index (κ1) is 23.2. The Labute approximate surface area is 149 Å². The Morgan fingerprint density at radius 1 is 0.609 bits per heavy atom. The molecule has 0 aromatic rings. The van der Waals surface area contributed by atoms with E-state index in [-0.39, 0.29) is 7.92 Å². The summed E-state index contributed by atoms with van der Waals surface area (Å²) in [5, 5.41) is 1.82. The highest BCUT2D eigenvalue weighted by Gasteiger charge is 2.11. The second-order valence-corrected chi connectivity index (χ2v) is 9.53. The summed E-state index contributed by atoms with van der Waals surface area (Å²) in [6.07, 6.45) is 25.4. The molecule has 0 atom stereocenters. The molecule has 0 nitrogen and oxygen atoms in total. The summed E-state index contributed by atoms with van der Waals surface area (Å²) in [6.45, 7) is 9.30. The summed E-state index contributed by atoms with van der Waals surface area (Å²) in [4.78, 5) is 0. The quantitative estimate of drug-likeness (QED) is 0.183. The summed E-state index contributed by atoms with van der Waals surface area (Å²) in [5.41, 5.74) is 0. The van der Waals surface area contributed by atoms with Crippen LogP contribution in [0.5, 0.6) is 0 Å². The normalized spacial score (nSPS) is 12.3. The topological polar surface area (TPSA) is 0 Å². The van der Waals surface area contributed by atoms with Gasteiger partial charge in [0.1, 0.15) is 0 Å². The van der Waals surface area contributed by atoms with Crippen LogP contribution in [0.4, 0.5) is 0 Å². The molecule has 138 valence electrons. The Kier molecular flexibility index (Phi) is 18.6. The molecule has 0 bridgehead atoms. The smallest absolute Gasteiger partial charge is 0.0289 e. The van der Waals surface area contributed by atoms with Crippen LogP contribution >= 0.6 is 7.92 Å². The molecule has 0 spiro atoms. The lowest BCUT2D eigenvalue weighted by atomic mass is 10.1. The lowest BCUT2D eigenvalue weighted by Gasteiger charge is -2.21. The third-order valence-corrected chi connectivity index (χ3v) is 7.79. The minimum atomic E-state index is 0.182. The van der Waals surface area contributed by atoms with Gasteiger partial charge in [-0.2, -0.15) is 0 Å². The highest BCUT2D eigenvalue weighted by Crippen LogP contribution is 2.48. The lowest BCUT2D eigenvalue weighted by Crippen LogP contribution is -1.95. The Morgan fingerprint density at radius 2 is 1.04 bits per heavy atom. The maximum absolute atomic E-state index is 2.56. The van der Waals surface area contributed by atoms with Crippen molar-refractivity contribution in [2.45, 2.75) is 118 Å². The maximum atomic E-state index is 2.56. The van der Waals surface area contributed by atoms with E-state index in [0.29, 0.717) is 0 Å². The van der Waals surface area contributed by atoms with Crippen LogP contribution in [0.15, 0.2) is 11.4 Å². The Morgan fingerprint density at radius 3 is 1.43 bits per heavy atom. The second kappa shape index (κ2) is 18.5. The van der Waals surface area contributed by atoms with Crippen LogP contribution in [-0.2, 0) is 0 Å². The molecule has 0 rings (SSSR count). The molecule has 0 aromatic heterocycles. The largest absolute Gasteiger partial charge is 0.0811 e. The van der Waals surface area contributed by atoms with Gasteiger partial charge in [0.15, 0.2) is 0 Å². The summed E-state index contributed by atoms with van der Waals surface area (Å²) in [6, 6.07) is 0. The van der Waals surface area contributed by atoms with E-state index in [1.165, 1.54) is 102 Å². The van der Waals surface area contributed by atoms with E-state index >= 15 is 0 Å². The number of rotatable bonds is 17. The van der Waals surface area contributed by atoms with Crippen LogP contribution in [0.25, 0.3) is 0 Å². The van der Waals surface area contributed by atoms with Gasteiger partial charge in [-0.1, -0.05) is 111 Å². The van der Waals surface area contributed by atoms with E-state index in [9.17, 15) is 0 Å². The molecule has 0 N–H and O–H groups in total. The number of allylic oxidation sites excluding steroid dienone is 2. The third kappa shape index (κ3) is 14.2. The maximum Gasteiger partial charge on any atom is -0.0289 e. The van der Waals surface area contributed by atoms with Crippen LogP contribution in [0.3, 0.4) is 0 Å². The molecule has 0 heterocycles. The molecule has 0 amide bonds. The van der Waals surface area contributed by atoms with E-state index < -0.39 is 0 Å². The van der Waals surface area contributed by atoms with Gasteiger partial charge in [0.05, 0.1) is 0 Å². The molecule has 23 heavy (non-hydrogen) atoms. The summed E-state index contributed by atoms with van der Waals surface area (Å²) < 4.78 is 0. The van der Waals surface area contributed by atoms with Crippen LogP contribution in [0.1, 0.15) is 118 Å². The summed E-state index contributed by atoms with van der Waals surface area (Å²) >= 11 is 0. The number of hydrogen-bond donors (Lipinski definition) is 0. The summed E-state index contributed by atoms with van der Waals surface area (Å²) in [7, 11) is 0.182. The average Bonchev–Trinajstić information content (AvgIpc) is 2.57. The van der Waals surface area contributed by atoms with Gasteiger partial charge in [0.25, 0.3) is 0 Å². The standard InChI is InChI=1S/C22H45P/c1-5-9-11-13-15-17-20-23(22(8-4)19-7-3)21-18-16-14-12-10-6-2/h19H,5-18,20-21H2,1-4H3/b22-19+. The highest BCUT2D eigenvalue weighted by molar-refractivity contribution is 7.62. The van der Waals surface area contributed by atoms with Gasteiger partial charge in [-0.3, -0.25) is 0 Å². The van der Waals surface area contributed by atoms with Gasteiger partial charge in [0, 0.05) is 0 Å². The van der Waals surface area contributed by atoms with Crippen molar-refractivity contribution in [3.63, 3.8) is 0 Å². The molecule has 0 radical (unpaired) electrons. The first-order valence-electron chi connectivity index (χ1n) is 10.7. The van der Waals surface area contributed by atoms with Crippen LogP contribution < -0.4 is 0 Å². The predicted octanol–water partition coefficient (Wildman–Crippen LogP) is 8.89. The van der Waals surface area contributed by atoms with Crippen molar-refractivity contribution in [1.29, 1.82) is 0 Å². The van der Waals surface area contributed by atoms with Crippen molar-refractivity contribution < 1.29 is 0 Å². The zero-order valence-electron chi connectivity index (χ0n) is 16.8. The van der Waals surface area contributed by atoms with Crippen molar-refractivity contribution in [1.82, 2.24) is 0 Å². The van der Waals surface area contributed by atoms with Gasteiger partial charge in [-0.05, 0) is 38.0 Å². The highest BCUT2D eigenvalue weighted by atomic mass is 31.1. The molecular weight excluding hydrogens is 295 g/mol. The second-order valence-electron chi connectivity index (χ2n) is 6.98. The molecule has 0 aliphatic carbocycles. The molecule has 1 heteroatoms. The number of unbranched alkanes of at least 4 members (excludes halogenated alkanes) is 10. The molecule has 0 saturated heterocycles. The van der Waals surface area contributed by atoms with E-state index in [0.717, 1.165) is 0 Å². The molecule has 0 unspecified atom stereocenters. The molecule has 0 aliphatic rings. The Bertz CT molecular complexity index is 241. The minimum absolute atomic E-state index is 0.182. The lowest BCUT2D eigenvalue weighted by molar-refractivity contribution is 0.622. The van der Waals surface area contributed by atoms with Crippen molar-refractivity contribution in [3.05, 3.63) is 11.4 Å². The van der Waals surface area contributed by atoms with Crippen LogP contribution in [-0.4, -0.2) is 12.3 Å². The molecule has 0 aromatic carbocycles. The van der Waals surface area contributed by atoms with Gasteiger partial charge in [0.2, 0.25) is 0 Å². The predicted molar refractivity (Wildman–Crippen MR) is 112 cm³/mol. The van der Waals surface area contributed by atoms with Gasteiger partial charge in [-0.25, -0.2) is 0 Å². The molecular formula is C22H45P. The van der Waals surface area contributed by atoms with E-state index in [2.05, 4.69) is 33.8 Å². The van der Waals surface area contributed by atoms with Gasteiger partial charge < -0.3 is 0 Å². The van der Waals surface area contributed by atoms with Gasteiger partial charge >= 0.3 is 0 Å². The minimum Gasteiger partial charge on any atom is -0.0811 e. The number of hydrogen-bond acceptors (Lipinski definition) is 0. The Balaban J connectivity index is 4.06. The van der Waals surface area contributed by atoms with Crippen molar-refractivity contribution in [2.24, 2.45) is 0 Å². The fourth-order valence-electron chi connectivity index (χ4n) is 3.30. The summed E-state index contributed by atoms with van der Waals surface area (Å²) in [5.74, 6) is 0. The van der Waals surface area contributed by atoms with E-state index in [1.807, 2.05) is 5.31 Å². The van der Waals surface area contributed by atoms with Crippen LogP contribution in [0.2, 0.25) is 0 Å². The molecule has 0 saturated carbocycles. The average molecular weight is 341 g/mol.